The summed E-state index contributed by atoms with van der Waals surface area (Å²) < 4.78 is 16.0. The first-order valence-electron chi connectivity index (χ1n) is 6.63. The molecule has 0 aliphatic heterocycles. The standard InChI is InChI=1S/C15H25NO3/c1-6-16-15(7-11(2)17-3)12-8-13(18-4)10-14(9-12)19-5/h8-11,15-16H,6-7H2,1-5H3. The molecule has 0 aromatic heterocycles. The smallest absolute Gasteiger partial charge is 0.122 e. The van der Waals surface area contributed by atoms with E-state index in [-0.39, 0.29) is 12.1 Å². The van der Waals surface area contributed by atoms with Gasteiger partial charge in [-0.05, 0) is 37.6 Å². The van der Waals surface area contributed by atoms with E-state index in [2.05, 4.69) is 19.2 Å². The van der Waals surface area contributed by atoms with E-state index in [1.54, 1.807) is 21.3 Å². The SMILES string of the molecule is CCNC(CC(C)OC)c1cc(OC)cc(OC)c1. The van der Waals surface area contributed by atoms with E-state index in [1.165, 1.54) is 0 Å². The Morgan fingerprint density at radius 2 is 1.63 bits per heavy atom. The summed E-state index contributed by atoms with van der Waals surface area (Å²) in [6, 6.07) is 6.19. The average molecular weight is 267 g/mol. The Balaban J connectivity index is 2.99. The largest absolute Gasteiger partial charge is 0.497 e. The first kappa shape index (κ1) is 15.8. The molecule has 0 saturated heterocycles. The summed E-state index contributed by atoms with van der Waals surface area (Å²) in [6.07, 6.45) is 1.10. The third-order valence-corrected chi connectivity index (χ3v) is 3.20. The van der Waals surface area contributed by atoms with Gasteiger partial charge in [-0.15, -0.1) is 0 Å². The van der Waals surface area contributed by atoms with E-state index in [9.17, 15) is 0 Å². The maximum absolute atomic E-state index is 5.36. The lowest BCUT2D eigenvalue weighted by Crippen LogP contribution is -2.25. The molecule has 0 aliphatic carbocycles. The predicted octanol–water partition coefficient (Wildman–Crippen LogP) is 2.78. The van der Waals surface area contributed by atoms with Crippen molar-refractivity contribution in [2.45, 2.75) is 32.4 Å². The first-order chi connectivity index (χ1) is 9.14. The Bertz CT molecular complexity index is 359. The molecule has 0 radical (unpaired) electrons. The number of benzene rings is 1. The van der Waals surface area contributed by atoms with Gasteiger partial charge in [0.2, 0.25) is 0 Å². The van der Waals surface area contributed by atoms with Gasteiger partial charge in [-0.1, -0.05) is 6.92 Å². The number of hydrogen-bond acceptors (Lipinski definition) is 4. The van der Waals surface area contributed by atoms with Crippen LogP contribution in [0.4, 0.5) is 0 Å². The Labute approximate surface area is 116 Å². The van der Waals surface area contributed by atoms with Crippen molar-refractivity contribution >= 4 is 0 Å². The summed E-state index contributed by atoms with van der Waals surface area (Å²) in [5.74, 6) is 1.62. The van der Waals surface area contributed by atoms with Gasteiger partial charge in [-0.3, -0.25) is 0 Å². The summed E-state index contributed by atoms with van der Waals surface area (Å²) in [5.41, 5.74) is 1.15. The molecule has 1 N–H and O–H groups in total. The molecule has 0 aliphatic rings. The van der Waals surface area contributed by atoms with Crippen LogP contribution < -0.4 is 14.8 Å². The maximum atomic E-state index is 5.36. The van der Waals surface area contributed by atoms with Gasteiger partial charge in [0.1, 0.15) is 11.5 Å². The molecular weight excluding hydrogens is 242 g/mol. The molecule has 4 nitrogen and oxygen atoms in total. The minimum Gasteiger partial charge on any atom is -0.497 e. The zero-order valence-electron chi connectivity index (χ0n) is 12.5. The van der Waals surface area contributed by atoms with Gasteiger partial charge < -0.3 is 19.5 Å². The zero-order valence-corrected chi connectivity index (χ0v) is 12.5. The van der Waals surface area contributed by atoms with Crippen LogP contribution in [-0.2, 0) is 4.74 Å². The van der Waals surface area contributed by atoms with Gasteiger partial charge in [0, 0.05) is 19.2 Å². The molecule has 0 amide bonds. The fourth-order valence-corrected chi connectivity index (χ4v) is 2.04. The fraction of sp³-hybridized carbons (Fsp3) is 0.600. The quantitative estimate of drug-likeness (QED) is 0.786. The van der Waals surface area contributed by atoms with Crippen molar-refractivity contribution in [2.24, 2.45) is 0 Å². The second-order valence-corrected chi connectivity index (χ2v) is 4.54. The summed E-state index contributed by atoms with van der Waals surface area (Å²) in [6.45, 7) is 5.07. The Morgan fingerprint density at radius 1 is 1.05 bits per heavy atom. The second kappa shape index (κ2) is 8.02. The van der Waals surface area contributed by atoms with Gasteiger partial charge in [0.05, 0.1) is 20.3 Å². The molecule has 0 saturated carbocycles. The Morgan fingerprint density at radius 3 is 2.05 bits per heavy atom. The van der Waals surface area contributed by atoms with E-state index in [4.69, 9.17) is 14.2 Å². The molecule has 0 fully saturated rings. The van der Waals surface area contributed by atoms with E-state index in [0.717, 1.165) is 30.0 Å². The van der Waals surface area contributed by atoms with Gasteiger partial charge in [0.25, 0.3) is 0 Å². The van der Waals surface area contributed by atoms with Crippen molar-refractivity contribution in [3.05, 3.63) is 23.8 Å². The highest BCUT2D eigenvalue weighted by Gasteiger charge is 2.16. The van der Waals surface area contributed by atoms with Crippen LogP contribution in [0.2, 0.25) is 0 Å². The molecule has 1 aromatic rings. The Kier molecular flexibility index (Phi) is 6.67. The van der Waals surface area contributed by atoms with E-state index in [0.29, 0.717) is 0 Å². The molecule has 4 heteroatoms. The van der Waals surface area contributed by atoms with Gasteiger partial charge in [-0.2, -0.15) is 0 Å². The number of methoxy groups -OCH3 is 3. The molecule has 1 aromatic carbocycles. The highest BCUT2D eigenvalue weighted by Crippen LogP contribution is 2.28. The average Bonchev–Trinajstić information content (AvgIpc) is 2.45. The second-order valence-electron chi connectivity index (χ2n) is 4.54. The van der Waals surface area contributed by atoms with Crippen LogP contribution in [0.15, 0.2) is 18.2 Å². The number of hydrogen-bond donors (Lipinski definition) is 1. The normalized spacial score (nSPS) is 13.9. The van der Waals surface area contributed by atoms with Crippen molar-refractivity contribution in [2.75, 3.05) is 27.9 Å². The highest BCUT2D eigenvalue weighted by atomic mass is 16.5. The van der Waals surface area contributed by atoms with Crippen LogP contribution >= 0.6 is 0 Å². The minimum absolute atomic E-state index is 0.196. The minimum atomic E-state index is 0.196. The molecule has 2 unspecified atom stereocenters. The molecule has 0 heterocycles. The molecule has 1 rings (SSSR count). The fourth-order valence-electron chi connectivity index (χ4n) is 2.04. The predicted molar refractivity (Wildman–Crippen MR) is 77.1 cm³/mol. The molecule has 2 atom stereocenters. The zero-order chi connectivity index (χ0) is 14.3. The van der Waals surface area contributed by atoms with Crippen molar-refractivity contribution in [1.29, 1.82) is 0 Å². The summed E-state index contributed by atoms with van der Waals surface area (Å²) in [4.78, 5) is 0. The monoisotopic (exact) mass is 267 g/mol. The van der Waals surface area contributed by atoms with Crippen LogP contribution in [0.25, 0.3) is 0 Å². The molecule has 0 bridgehead atoms. The van der Waals surface area contributed by atoms with Crippen molar-refractivity contribution in [1.82, 2.24) is 5.32 Å². The highest BCUT2D eigenvalue weighted by molar-refractivity contribution is 5.39. The van der Waals surface area contributed by atoms with Crippen LogP contribution in [-0.4, -0.2) is 34.0 Å². The van der Waals surface area contributed by atoms with Crippen molar-refractivity contribution in [3.8, 4) is 11.5 Å². The van der Waals surface area contributed by atoms with Crippen LogP contribution in [0.3, 0.4) is 0 Å². The molecule has 19 heavy (non-hydrogen) atoms. The van der Waals surface area contributed by atoms with Gasteiger partial charge in [-0.25, -0.2) is 0 Å². The topological polar surface area (TPSA) is 39.7 Å². The summed E-state index contributed by atoms with van der Waals surface area (Å²) in [7, 11) is 5.07. The first-order valence-corrected chi connectivity index (χ1v) is 6.63. The third kappa shape index (κ3) is 4.73. The van der Waals surface area contributed by atoms with Crippen LogP contribution in [0.5, 0.6) is 11.5 Å². The third-order valence-electron chi connectivity index (χ3n) is 3.20. The lowest BCUT2D eigenvalue weighted by atomic mass is 10.0. The number of ether oxygens (including phenoxy) is 3. The van der Waals surface area contributed by atoms with E-state index < -0.39 is 0 Å². The maximum Gasteiger partial charge on any atom is 0.122 e. The molecule has 0 spiro atoms. The van der Waals surface area contributed by atoms with Gasteiger partial charge in [0.15, 0.2) is 0 Å². The Hall–Kier alpha value is -1.26. The van der Waals surface area contributed by atoms with Crippen molar-refractivity contribution in [3.63, 3.8) is 0 Å². The van der Waals surface area contributed by atoms with E-state index in [1.807, 2.05) is 18.2 Å². The number of nitrogens with one attached hydrogen (secondary N) is 1. The number of rotatable bonds is 8. The van der Waals surface area contributed by atoms with E-state index >= 15 is 0 Å². The summed E-state index contributed by atoms with van der Waals surface area (Å²) in [5, 5.41) is 3.48. The van der Waals surface area contributed by atoms with Crippen LogP contribution in [0.1, 0.15) is 31.9 Å². The lowest BCUT2D eigenvalue weighted by molar-refractivity contribution is 0.100. The van der Waals surface area contributed by atoms with Gasteiger partial charge >= 0.3 is 0 Å². The molecular formula is C15H25NO3. The lowest BCUT2D eigenvalue weighted by Gasteiger charge is -2.22. The summed E-state index contributed by atoms with van der Waals surface area (Å²) >= 11 is 0. The van der Waals surface area contributed by atoms with Crippen LogP contribution in [0, 0.1) is 0 Å². The van der Waals surface area contributed by atoms with Crippen molar-refractivity contribution < 1.29 is 14.2 Å². The molecule has 108 valence electrons.